The number of imidazole rings is 1. The van der Waals surface area contributed by atoms with Crippen LogP contribution in [0.25, 0.3) is 0 Å². The van der Waals surface area contributed by atoms with Gasteiger partial charge in [0.2, 0.25) is 11.5 Å². The number of nitrogens with zero attached hydrogens (tertiary/aromatic N) is 2. The molecular formula is C12H17F3N4O2S. The maximum absolute atomic E-state index is 13.2. The zero-order chi connectivity index (χ0) is 16.4. The van der Waals surface area contributed by atoms with Crippen LogP contribution in [-0.2, 0) is 17.4 Å². The molecule has 1 saturated heterocycles. The van der Waals surface area contributed by atoms with Crippen LogP contribution in [0.4, 0.5) is 13.2 Å². The van der Waals surface area contributed by atoms with E-state index in [4.69, 9.17) is 0 Å². The van der Waals surface area contributed by atoms with Gasteiger partial charge in [0.15, 0.2) is 0 Å². The molecule has 3 N–H and O–H groups in total. The molecule has 0 radical (unpaired) electrons. The molecule has 1 aliphatic rings. The lowest BCUT2D eigenvalue weighted by Crippen LogP contribution is -2.48. The predicted octanol–water partition coefficient (Wildman–Crippen LogP) is 0.339. The van der Waals surface area contributed by atoms with Gasteiger partial charge in [-0.15, -0.1) is 11.8 Å². The smallest absolute Gasteiger partial charge is 0.374 e. The van der Waals surface area contributed by atoms with Gasteiger partial charge in [0.25, 0.3) is 0 Å². The largest absolute Gasteiger partial charge is 0.424 e. The summed E-state index contributed by atoms with van der Waals surface area (Å²) in [5, 5.41) is 15.4. The van der Waals surface area contributed by atoms with E-state index in [-0.39, 0.29) is 12.5 Å². The molecule has 0 aromatic carbocycles. The van der Waals surface area contributed by atoms with Gasteiger partial charge in [0.05, 0.1) is 6.04 Å². The van der Waals surface area contributed by atoms with E-state index in [2.05, 4.69) is 15.6 Å². The van der Waals surface area contributed by atoms with Gasteiger partial charge in [-0.3, -0.25) is 10.1 Å². The monoisotopic (exact) mass is 338 g/mol. The number of nitrogens with one attached hydrogen (secondary N) is 2. The number of rotatable bonds is 5. The fourth-order valence-electron chi connectivity index (χ4n) is 2.20. The lowest BCUT2D eigenvalue weighted by Gasteiger charge is -2.30. The van der Waals surface area contributed by atoms with Crippen molar-refractivity contribution < 1.29 is 23.1 Å². The second kappa shape index (κ2) is 6.47. The third-order valence-electron chi connectivity index (χ3n) is 3.48. The molecule has 1 amide bonds. The number of aromatic nitrogens is 2. The number of halogens is 3. The molecule has 0 bridgehead atoms. The molecule has 10 heteroatoms. The van der Waals surface area contributed by atoms with Crippen LogP contribution in [0.3, 0.4) is 0 Å². The van der Waals surface area contributed by atoms with Crippen molar-refractivity contribution in [2.24, 2.45) is 7.05 Å². The summed E-state index contributed by atoms with van der Waals surface area (Å²) in [5.74, 6) is 0.352. The quantitative estimate of drug-likeness (QED) is 0.722. The van der Waals surface area contributed by atoms with E-state index >= 15 is 0 Å². The number of aryl methyl sites for hydroxylation is 1. The van der Waals surface area contributed by atoms with E-state index in [9.17, 15) is 23.1 Å². The number of alkyl halides is 3. The van der Waals surface area contributed by atoms with Gasteiger partial charge < -0.3 is 15.0 Å². The second-order valence-electron chi connectivity index (χ2n) is 5.03. The first-order chi connectivity index (χ1) is 10.3. The van der Waals surface area contributed by atoms with E-state index in [1.807, 2.05) is 0 Å². The average molecular weight is 338 g/mol. The van der Waals surface area contributed by atoms with Crippen LogP contribution >= 0.6 is 11.8 Å². The molecule has 2 rings (SSSR count). The Morgan fingerprint density at radius 3 is 2.86 bits per heavy atom. The molecule has 22 heavy (non-hydrogen) atoms. The van der Waals surface area contributed by atoms with Crippen molar-refractivity contribution in [2.45, 2.75) is 24.2 Å². The third-order valence-corrected chi connectivity index (χ3v) is 4.42. The number of carbonyl (C=O) groups is 1. The summed E-state index contributed by atoms with van der Waals surface area (Å²) >= 11 is 1.54. The number of thioether (sulfide) groups is 1. The lowest BCUT2D eigenvalue weighted by molar-refractivity contribution is -0.272. The summed E-state index contributed by atoms with van der Waals surface area (Å²) in [4.78, 5) is 15.4. The molecule has 1 aliphatic heterocycles. The SMILES string of the molecule is Cn1ccnc1C(O)(CCNC(=O)C1CSCN1)C(F)(F)F. The summed E-state index contributed by atoms with van der Waals surface area (Å²) in [6.45, 7) is -0.301. The minimum absolute atomic E-state index is 0.301. The van der Waals surface area contributed by atoms with Crippen LogP contribution in [-0.4, -0.2) is 51.0 Å². The Balaban J connectivity index is 2.02. The van der Waals surface area contributed by atoms with Gasteiger partial charge in [-0.25, -0.2) is 4.98 Å². The molecule has 2 unspecified atom stereocenters. The normalized spacial score (nSPS) is 21.6. The van der Waals surface area contributed by atoms with Crippen molar-refractivity contribution in [3.63, 3.8) is 0 Å². The zero-order valence-electron chi connectivity index (χ0n) is 11.9. The van der Waals surface area contributed by atoms with Crippen molar-refractivity contribution in [2.75, 3.05) is 18.2 Å². The Morgan fingerprint density at radius 2 is 2.36 bits per heavy atom. The molecule has 0 saturated carbocycles. The highest BCUT2D eigenvalue weighted by atomic mass is 32.2. The van der Waals surface area contributed by atoms with Gasteiger partial charge >= 0.3 is 6.18 Å². The van der Waals surface area contributed by atoms with Crippen LogP contribution < -0.4 is 10.6 Å². The minimum Gasteiger partial charge on any atom is -0.374 e. The number of amides is 1. The van der Waals surface area contributed by atoms with Crippen molar-refractivity contribution in [1.82, 2.24) is 20.2 Å². The van der Waals surface area contributed by atoms with Gasteiger partial charge in [0.1, 0.15) is 5.82 Å². The summed E-state index contributed by atoms with van der Waals surface area (Å²) in [6, 6.07) is -0.405. The number of hydrogen-bond donors (Lipinski definition) is 3. The molecule has 2 atom stereocenters. The fourth-order valence-corrected chi connectivity index (χ4v) is 3.14. The zero-order valence-corrected chi connectivity index (χ0v) is 12.7. The molecule has 1 aromatic rings. The van der Waals surface area contributed by atoms with Gasteiger partial charge in [-0.2, -0.15) is 13.2 Å². The topological polar surface area (TPSA) is 79.2 Å². The Labute approximate surface area is 129 Å². The molecule has 0 aliphatic carbocycles. The van der Waals surface area contributed by atoms with Gasteiger partial charge in [0, 0.05) is 44.0 Å². The van der Waals surface area contributed by atoms with E-state index < -0.39 is 30.1 Å². The van der Waals surface area contributed by atoms with Gasteiger partial charge in [-0.05, 0) is 0 Å². The van der Waals surface area contributed by atoms with Crippen LogP contribution in [0.1, 0.15) is 12.2 Å². The Bertz CT molecular complexity index is 531. The summed E-state index contributed by atoms with van der Waals surface area (Å²) in [7, 11) is 1.37. The standard InChI is InChI=1S/C12H17F3N4O2S/c1-19-5-4-17-10(19)11(21,12(13,14)15)2-3-16-9(20)8-6-22-7-18-8/h4-5,8,18,21H,2-3,6-7H2,1H3,(H,16,20). The van der Waals surface area contributed by atoms with Crippen molar-refractivity contribution in [3.05, 3.63) is 18.2 Å². The summed E-state index contributed by atoms with van der Waals surface area (Å²) < 4.78 is 40.8. The highest BCUT2D eigenvalue weighted by molar-refractivity contribution is 7.99. The third kappa shape index (κ3) is 3.39. The molecule has 124 valence electrons. The Kier molecular flexibility index (Phi) is 5.03. The highest BCUT2D eigenvalue weighted by Crippen LogP contribution is 2.40. The molecule has 2 heterocycles. The first-order valence-corrected chi connectivity index (χ1v) is 7.77. The van der Waals surface area contributed by atoms with Crippen LogP contribution in [0, 0.1) is 0 Å². The minimum atomic E-state index is -4.89. The lowest BCUT2D eigenvalue weighted by atomic mass is 9.97. The summed E-state index contributed by atoms with van der Waals surface area (Å²) in [6.07, 6.45) is -3.08. The van der Waals surface area contributed by atoms with E-state index in [0.29, 0.717) is 11.6 Å². The number of hydrogen-bond acceptors (Lipinski definition) is 5. The van der Waals surface area contributed by atoms with E-state index in [1.54, 1.807) is 0 Å². The molecule has 1 aromatic heterocycles. The Hall–Kier alpha value is -1.26. The second-order valence-corrected chi connectivity index (χ2v) is 6.06. The maximum atomic E-state index is 13.2. The first kappa shape index (κ1) is 17.1. The van der Waals surface area contributed by atoms with Crippen molar-refractivity contribution in [3.8, 4) is 0 Å². The fraction of sp³-hybridized carbons (Fsp3) is 0.667. The molecule has 1 fully saturated rings. The van der Waals surface area contributed by atoms with Crippen molar-refractivity contribution in [1.29, 1.82) is 0 Å². The van der Waals surface area contributed by atoms with Crippen LogP contribution in [0.5, 0.6) is 0 Å². The molecule has 6 nitrogen and oxygen atoms in total. The average Bonchev–Trinajstić information content (AvgIpc) is 3.07. The summed E-state index contributed by atoms with van der Waals surface area (Å²) in [5.41, 5.74) is -3.10. The van der Waals surface area contributed by atoms with Crippen LogP contribution in [0.15, 0.2) is 12.4 Å². The molecule has 0 spiro atoms. The van der Waals surface area contributed by atoms with Crippen LogP contribution in [0.2, 0.25) is 0 Å². The van der Waals surface area contributed by atoms with E-state index in [1.165, 1.54) is 31.2 Å². The maximum Gasteiger partial charge on any atom is 0.424 e. The predicted molar refractivity (Wildman–Crippen MR) is 75.0 cm³/mol. The highest BCUT2D eigenvalue weighted by Gasteiger charge is 2.57. The Morgan fingerprint density at radius 1 is 1.64 bits per heavy atom. The molecular weight excluding hydrogens is 321 g/mol. The van der Waals surface area contributed by atoms with Gasteiger partial charge in [-0.1, -0.05) is 0 Å². The number of aliphatic hydroxyl groups is 1. The van der Waals surface area contributed by atoms with Crippen molar-refractivity contribution >= 4 is 17.7 Å². The van der Waals surface area contributed by atoms with E-state index in [0.717, 1.165) is 4.57 Å². The number of carbonyl (C=O) groups excluding carboxylic acids is 1. The first-order valence-electron chi connectivity index (χ1n) is 6.61.